The second-order valence-corrected chi connectivity index (χ2v) is 10.9. The van der Waals surface area contributed by atoms with E-state index < -0.39 is 14.6 Å². The number of anilines is 2. The molecule has 1 aromatic heterocycles. The highest BCUT2D eigenvalue weighted by Crippen LogP contribution is 2.27. The van der Waals surface area contributed by atoms with Crippen LogP contribution in [0.5, 0.6) is 0 Å². The molecule has 1 amide bonds. The van der Waals surface area contributed by atoms with Crippen LogP contribution < -0.4 is 10.2 Å². The average molecular weight is 420 g/mol. The summed E-state index contributed by atoms with van der Waals surface area (Å²) in [6.07, 6.45) is 2.93. The third-order valence-electron chi connectivity index (χ3n) is 5.14. The molecule has 29 heavy (non-hydrogen) atoms. The van der Waals surface area contributed by atoms with Gasteiger partial charge in [0.1, 0.15) is 5.82 Å². The van der Waals surface area contributed by atoms with E-state index in [0.717, 1.165) is 5.69 Å². The summed E-state index contributed by atoms with van der Waals surface area (Å²) in [6, 6.07) is 9.03. The molecule has 1 saturated heterocycles. The molecule has 1 fully saturated rings. The number of rotatable bonds is 4. The number of sulfone groups is 1. The minimum atomic E-state index is -3.48. The molecule has 0 radical (unpaired) electrons. The van der Waals surface area contributed by atoms with Gasteiger partial charge in [0.25, 0.3) is 0 Å². The molecule has 0 saturated carbocycles. The SMILES string of the molecule is CC(C)(C)S(=O)(=O)c1ccc(N2CCC(C(=O)Nc3ccc(F)cc3)CC2)cn1. The first kappa shape index (κ1) is 21.2. The molecule has 1 aliphatic heterocycles. The van der Waals surface area contributed by atoms with Crippen molar-refractivity contribution in [3.8, 4) is 0 Å². The molecule has 0 bridgehead atoms. The first-order valence-corrected chi connectivity index (χ1v) is 11.1. The average Bonchev–Trinajstić information content (AvgIpc) is 2.69. The Morgan fingerprint density at radius 3 is 2.24 bits per heavy atom. The number of nitrogens with one attached hydrogen (secondary N) is 1. The van der Waals surface area contributed by atoms with E-state index in [1.165, 1.54) is 12.1 Å². The predicted octanol–water partition coefficient (Wildman–Crippen LogP) is 3.65. The Labute approximate surface area is 171 Å². The Hall–Kier alpha value is -2.48. The fourth-order valence-corrected chi connectivity index (χ4v) is 4.28. The zero-order valence-corrected chi connectivity index (χ0v) is 17.7. The number of carbonyl (C=O) groups excluding carboxylic acids is 1. The van der Waals surface area contributed by atoms with E-state index >= 15 is 0 Å². The van der Waals surface area contributed by atoms with Crippen LogP contribution in [0.25, 0.3) is 0 Å². The van der Waals surface area contributed by atoms with Gasteiger partial charge < -0.3 is 10.2 Å². The molecule has 1 aliphatic rings. The minimum absolute atomic E-state index is 0.0685. The Morgan fingerprint density at radius 1 is 1.10 bits per heavy atom. The summed E-state index contributed by atoms with van der Waals surface area (Å²) in [6.45, 7) is 6.31. The molecule has 2 aromatic rings. The summed E-state index contributed by atoms with van der Waals surface area (Å²) >= 11 is 0. The van der Waals surface area contributed by atoms with Crippen molar-refractivity contribution in [3.63, 3.8) is 0 Å². The van der Waals surface area contributed by atoms with Gasteiger partial charge in [-0.15, -0.1) is 0 Å². The quantitative estimate of drug-likeness (QED) is 0.818. The van der Waals surface area contributed by atoms with Crippen LogP contribution in [-0.2, 0) is 14.6 Å². The van der Waals surface area contributed by atoms with Crippen LogP contribution >= 0.6 is 0 Å². The molecule has 156 valence electrons. The largest absolute Gasteiger partial charge is 0.370 e. The molecule has 0 atom stereocenters. The van der Waals surface area contributed by atoms with Crippen molar-refractivity contribution in [2.75, 3.05) is 23.3 Å². The third-order valence-corrected chi connectivity index (χ3v) is 7.55. The van der Waals surface area contributed by atoms with Gasteiger partial charge in [-0.3, -0.25) is 4.79 Å². The van der Waals surface area contributed by atoms with Gasteiger partial charge in [-0.1, -0.05) is 0 Å². The first-order valence-electron chi connectivity index (χ1n) is 9.60. The molecular formula is C21H26FN3O3S. The van der Waals surface area contributed by atoms with Crippen LogP contribution in [0.3, 0.4) is 0 Å². The van der Waals surface area contributed by atoms with Crippen LogP contribution in [0.2, 0.25) is 0 Å². The van der Waals surface area contributed by atoms with E-state index in [9.17, 15) is 17.6 Å². The summed E-state index contributed by atoms with van der Waals surface area (Å²) in [7, 11) is -3.48. The van der Waals surface area contributed by atoms with Crippen molar-refractivity contribution >= 4 is 27.1 Å². The molecule has 0 unspecified atom stereocenters. The van der Waals surface area contributed by atoms with E-state index in [2.05, 4.69) is 15.2 Å². The zero-order valence-electron chi connectivity index (χ0n) is 16.9. The van der Waals surface area contributed by atoms with Crippen molar-refractivity contribution < 1.29 is 17.6 Å². The molecule has 0 aliphatic carbocycles. The highest BCUT2D eigenvalue weighted by molar-refractivity contribution is 7.92. The fraction of sp³-hybridized carbons (Fsp3) is 0.429. The Kier molecular flexibility index (Phi) is 5.93. The van der Waals surface area contributed by atoms with Gasteiger partial charge >= 0.3 is 0 Å². The van der Waals surface area contributed by atoms with Crippen LogP contribution in [0.15, 0.2) is 47.6 Å². The van der Waals surface area contributed by atoms with E-state index in [-0.39, 0.29) is 22.7 Å². The summed E-state index contributed by atoms with van der Waals surface area (Å²) in [4.78, 5) is 18.7. The van der Waals surface area contributed by atoms with Gasteiger partial charge in [0, 0.05) is 24.7 Å². The highest BCUT2D eigenvalue weighted by atomic mass is 32.2. The van der Waals surface area contributed by atoms with Gasteiger partial charge in [-0.2, -0.15) is 0 Å². The van der Waals surface area contributed by atoms with Gasteiger partial charge in [-0.25, -0.2) is 17.8 Å². The standard InChI is InChI=1S/C21H26FN3O3S/c1-21(2,3)29(27,28)19-9-8-18(14-23-19)25-12-10-15(11-13-25)20(26)24-17-6-4-16(22)5-7-17/h4-9,14-15H,10-13H2,1-3H3,(H,24,26). The number of carbonyl (C=O) groups is 1. The Bertz CT molecular complexity index is 960. The number of benzene rings is 1. The van der Waals surface area contributed by atoms with Crippen LogP contribution in [-0.4, -0.2) is 37.1 Å². The minimum Gasteiger partial charge on any atom is -0.370 e. The smallest absolute Gasteiger partial charge is 0.227 e. The summed E-state index contributed by atoms with van der Waals surface area (Å²) in [5.74, 6) is -0.531. The molecule has 2 heterocycles. The predicted molar refractivity (Wildman–Crippen MR) is 111 cm³/mol. The summed E-state index contributed by atoms with van der Waals surface area (Å²) < 4.78 is 37.0. The lowest BCUT2D eigenvalue weighted by Crippen LogP contribution is -2.38. The lowest BCUT2D eigenvalue weighted by atomic mass is 9.95. The maximum absolute atomic E-state index is 13.0. The van der Waals surface area contributed by atoms with Crippen LogP contribution in [0.4, 0.5) is 15.8 Å². The van der Waals surface area contributed by atoms with Gasteiger partial charge in [0.05, 0.1) is 16.6 Å². The second-order valence-electron chi connectivity index (χ2n) is 8.23. The fourth-order valence-electron chi connectivity index (χ4n) is 3.21. The number of aromatic nitrogens is 1. The number of pyridine rings is 1. The van der Waals surface area contributed by atoms with Gasteiger partial charge in [-0.05, 0) is 70.0 Å². The molecule has 0 spiro atoms. The van der Waals surface area contributed by atoms with E-state index in [4.69, 9.17) is 0 Å². The normalized spacial score (nSPS) is 15.9. The van der Waals surface area contributed by atoms with E-state index in [1.54, 1.807) is 51.2 Å². The summed E-state index contributed by atoms with van der Waals surface area (Å²) in [5, 5.41) is 2.90. The topological polar surface area (TPSA) is 79.4 Å². The first-order chi connectivity index (χ1) is 13.6. The monoisotopic (exact) mass is 419 g/mol. The molecule has 1 N–H and O–H groups in total. The van der Waals surface area contributed by atoms with E-state index in [1.807, 2.05) is 0 Å². The lowest BCUT2D eigenvalue weighted by Gasteiger charge is -2.33. The number of nitrogens with zero attached hydrogens (tertiary/aromatic N) is 2. The van der Waals surface area contributed by atoms with Crippen molar-refractivity contribution in [1.82, 2.24) is 4.98 Å². The van der Waals surface area contributed by atoms with Crippen molar-refractivity contribution in [1.29, 1.82) is 0 Å². The Morgan fingerprint density at radius 2 is 1.72 bits per heavy atom. The molecule has 3 rings (SSSR count). The lowest BCUT2D eigenvalue weighted by molar-refractivity contribution is -0.120. The van der Waals surface area contributed by atoms with Crippen molar-refractivity contribution in [2.24, 2.45) is 5.92 Å². The van der Waals surface area contributed by atoms with E-state index in [0.29, 0.717) is 31.6 Å². The number of hydrogen-bond acceptors (Lipinski definition) is 5. The molecule has 8 heteroatoms. The third kappa shape index (κ3) is 4.75. The van der Waals surface area contributed by atoms with Gasteiger partial charge in [0.15, 0.2) is 14.9 Å². The van der Waals surface area contributed by atoms with Crippen molar-refractivity contribution in [2.45, 2.75) is 43.4 Å². The van der Waals surface area contributed by atoms with Crippen molar-refractivity contribution in [3.05, 3.63) is 48.4 Å². The number of hydrogen-bond donors (Lipinski definition) is 1. The number of halogens is 1. The highest BCUT2D eigenvalue weighted by Gasteiger charge is 2.32. The molecular weight excluding hydrogens is 393 g/mol. The van der Waals surface area contributed by atoms with Gasteiger partial charge in [0.2, 0.25) is 5.91 Å². The maximum Gasteiger partial charge on any atom is 0.227 e. The zero-order chi connectivity index (χ0) is 21.2. The number of amides is 1. The summed E-state index contributed by atoms with van der Waals surface area (Å²) in [5.41, 5.74) is 1.42. The maximum atomic E-state index is 13.0. The van der Waals surface area contributed by atoms with Crippen LogP contribution in [0.1, 0.15) is 33.6 Å². The molecule has 6 nitrogen and oxygen atoms in total. The Balaban J connectivity index is 1.59. The van der Waals surface area contributed by atoms with Crippen LogP contribution in [0, 0.1) is 11.7 Å². The number of piperidine rings is 1. The second kappa shape index (κ2) is 8.10. The molecule has 1 aromatic carbocycles.